The summed E-state index contributed by atoms with van der Waals surface area (Å²) in [6.45, 7) is 6.53. The number of nitrogens with one attached hydrogen (secondary N) is 1. The molecule has 1 aromatic heterocycles. The van der Waals surface area contributed by atoms with E-state index in [0.29, 0.717) is 6.54 Å². The largest absolute Gasteiger partial charge is 0.508 e. The third-order valence-corrected chi connectivity index (χ3v) is 8.49. The van der Waals surface area contributed by atoms with Crippen molar-refractivity contribution in [3.63, 3.8) is 0 Å². The first-order valence-electron chi connectivity index (χ1n) is 15.0. The Balaban J connectivity index is 1.38. The molecule has 4 aromatic rings. The van der Waals surface area contributed by atoms with E-state index >= 15 is 0 Å². The SMILES string of the molecule is C=CCN1CC(=O)N2C([C@H](C)N(Cc3ccc4ncccc4c3)C(=O)[C@@H]2Cc2ccc(O)cc2)N1C(=O)NCc1ccccc1. The van der Waals surface area contributed by atoms with E-state index in [1.807, 2.05) is 67.6 Å². The topological polar surface area (TPSA) is 109 Å². The number of hydrogen-bond donors (Lipinski definition) is 2. The lowest BCUT2D eigenvalue weighted by Gasteiger charge is -2.57. The van der Waals surface area contributed by atoms with E-state index in [1.165, 1.54) is 0 Å². The van der Waals surface area contributed by atoms with Crippen LogP contribution in [0.4, 0.5) is 4.79 Å². The van der Waals surface area contributed by atoms with Gasteiger partial charge in [-0.25, -0.2) is 14.8 Å². The van der Waals surface area contributed by atoms with Crippen molar-refractivity contribution in [1.82, 2.24) is 30.1 Å². The first-order valence-corrected chi connectivity index (χ1v) is 15.0. The third kappa shape index (κ3) is 6.09. The number of carbonyl (C=O) groups is 3. The smallest absolute Gasteiger partial charge is 0.334 e. The molecule has 4 amide bonds. The van der Waals surface area contributed by atoms with Gasteiger partial charge in [-0.3, -0.25) is 14.6 Å². The van der Waals surface area contributed by atoms with Gasteiger partial charge in [0.2, 0.25) is 11.8 Å². The van der Waals surface area contributed by atoms with Crippen LogP contribution >= 0.6 is 0 Å². The minimum absolute atomic E-state index is 0.0783. The molecule has 2 aliphatic heterocycles. The molecule has 2 aliphatic rings. The highest BCUT2D eigenvalue weighted by Crippen LogP contribution is 2.33. The summed E-state index contributed by atoms with van der Waals surface area (Å²) in [7, 11) is 0. The lowest BCUT2D eigenvalue weighted by molar-refractivity contribution is -0.198. The van der Waals surface area contributed by atoms with E-state index in [9.17, 15) is 19.5 Å². The summed E-state index contributed by atoms with van der Waals surface area (Å²) in [5, 5.41) is 17.1. The van der Waals surface area contributed by atoms with E-state index in [4.69, 9.17) is 0 Å². The lowest BCUT2D eigenvalue weighted by Crippen LogP contribution is -2.79. The lowest BCUT2D eigenvalue weighted by atomic mass is 9.94. The molecule has 0 aliphatic carbocycles. The fraction of sp³-hybridized carbons (Fsp3) is 0.257. The van der Waals surface area contributed by atoms with Gasteiger partial charge in [-0.05, 0) is 53.9 Å². The molecule has 0 spiro atoms. The average molecular weight is 605 g/mol. The zero-order valence-corrected chi connectivity index (χ0v) is 25.1. The molecular weight excluding hydrogens is 568 g/mol. The van der Waals surface area contributed by atoms with Crippen LogP contribution in [0.3, 0.4) is 0 Å². The van der Waals surface area contributed by atoms with Gasteiger partial charge in [0.05, 0.1) is 18.1 Å². The maximum atomic E-state index is 14.4. The van der Waals surface area contributed by atoms with Gasteiger partial charge in [0.25, 0.3) is 0 Å². The van der Waals surface area contributed by atoms with Crippen molar-refractivity contribution in [1.29, 1.82) is 0 Å². The molecule has 3 heterocycles. The summed E-state index contributed by atoms with van der Waals surface area (Å²) >= 11 is 0. The number of urea groups is 1. The molecule has 2 saturated heterocycles. The summed E-state index contributed by atoms with van der Waals surface area (Å²) in [5.41, 5.74) is 3.50. The van der Waals surface area contributed by atoms with Crippen LogP contribution in [0.2, 0.25) is 0 Å². The molecule has 6 rings (SSSR count). The van der Waals surface area contributed by atoms with Gasteiger partial charge in [-0.15, -0.1) is 6.58 Å². The maximum absolute atomic E-state index is 14.4. The Morgan fingerprint density at radius 3 is 2.51 bits per heavy atom. The summed E-state index contributed by atoms with van der Waals surface area (Å²) in [5.74, 6) is -0.328. The third-order valence-electron chi connectivity index (χ3n) is 8.49. The van der Waals surface area contributed by atoms with Gasteiger partial charge in [0.15, 0.2) is 0 Å². The number of aromatic nitrogens is 1. The number of phenolic OH excluding ortho intramolecular Hbond substituents is 1. The number of nitrogens with zero attached hydrogens (tertiary/aromatic N) is 5. The van der Waals surface area contributed by atoms with Crippen molar-refractivity contribution in [3.8, 4) is 5.75 Å². The zero-order chi connectivity index (χ0) is 31.5. The van der Waals surface area contributed by atoms with Crippen LogP contribution in [0.15, 0.2) is 104 Å². The molecule has 0 bridgehead atoms. The Labute approximate surface area is 262 Å². The number of hydrazine groups is 1. The zero-order valence-electron chi connectivity index (χ0n) is 25.1. The van der Waals surface area contributed by atoms with Gasteiger partial charge in [0.1, 0.15) is 18.0 Å². The van der Waals surface area contributed by atoms with E-state index in [2.05, 4.69) is 16.9 Å². The number of benzene rings is 3. The molecule has 3 aromatic carbocycles. The second kappa shape index (κ2) is 12.8. The normalized spacial score (nSPS) is 20.3. The Morgan fingerprint density at radius 1 is 1.00 bits per heavy atom. The van der Waals surface area contributed by atoms with Gasteiger partial charge < -0.3 is 20.2 Å². The quantitative estimate of drug-likeness (QED) is 0.294. The Hall–Kier alpha value is -5.22. The summed E-state index contributed by atoms with van der Waals surface area (Å²) < 4.78 is 0. The van der Waals surface area contributed by atoms with Crippen molar-refractivity contribution in [2.24, 2.45) is 0 Å². The molecule has 230 valence electrons. The number of rotatable bonds is 8. The molecule has 45 heavy (non-hydrogen) atoms. The molecule has 1 unspecified atom stereocenters. The van der Waals surface area contributed by atoms with Crippen LogP contribution < -0.4 is 5.32 Å². The molecule has 10 heteroatoms. The number of hydrogen-bond acceptors (Lipinski definition) is 6. The number of amides is 4. The summed E-state index contributed by atoms with van der Waals surface area (Å²) in [6, 6.07) is 24.2. The minimum Gasteiger partial charge on any atom is -0.508 e. The highest BCUT2D eigenvalue weighted by atomic mass is 16.3. The highest BCUT2D eigenvalue weighted by Gasteiger charge is 2.54. The monoisotopic (exact) mass is 604 g/mol. The van der Waals surface area contributed by atoms with Crippen LogP contribution in [-0.4, -0.2) is 79.1 Å². The van der Waals surface area contributed by atoms with E-state index < -0.39 is 18.2 Å². The fourth-order valence-corrected chi connectivity index (χ4v) is 6.30. The second-order valence-corrected chi connectivity index (χ2v) is 11.5. The number of piperazine rings is 1. The Bertz CT molecular complexity index is 1710. The van der Waals surface area contributed by atoms with Crippen LogP contribution in [0.5, 0.6) is 5.75 Å². The van der Waals surface area contributed by atoms with Crippen molar-refractivity contribution < 1.29 is 19.5 Å². The van der Waals surface area contributed by atoms with Gasteiger partial charge >= 0.3 is 6.03 Å². The number of pyridine rings is 1. The number of aromatic hydroxyl groups is 1. The molecular formula is C35H36N6O4. The first kappa shape index (κ1) is 29.8. The minimum atomic E-state index is -0.860. The predicted octanol–water partition coefficient (Wildman–Crippen LogP) is 4.07. The number of fused-ring (bicyclic) bond motifs is 2. The van der Waals surface area contributed by atoms with Crippen molar-refractivity contribution in [2.45, 2.75) is 44.7 Å². The highest BCUT2D eigenvalue weighted by molar-refractivity contribution is 5.92. The van der Waals surface area contributed by atoms with Crippen LogP contribution in [0, 0.1) is 0 Å². The Kier molecular flexibility index (Phi) is 8.48. The summed E-state index contributed by atoms with van der Waals surface area (Å²) in [6.07, 6.45) is 2.86. The van der Waals surface area contributed by atoms with Crippen molar-refractivity contribution in [2.75, 3.05) is 13.1 Å². The van der Waals surface area contributed by atoms with Gasteiger partial charge in [-0.1, -0.05) is 60.7 Å². The van der Waals surface area contributed by atoms with E-state index in [0.717, 1.165) is 27.6 Å². The molecule has 2 fully saturated rings. The first-order chi connectivity index (χ1) is 21.8. The van der Waals surface area contributed by atoms with Crippen LogP contribution in [-0.2, 0) is 29.1 Å². The number of carbonyl (C=O) groups excluding carboxylic acids is 3. The van der Waals surface area contributed by atoms with E-state index in [-0.39, 0.29) is 49.7 Å². The summed E-state index contributed by atoms with van der Waals surface area (Å²) in [4.78, 5) is 50.1. The number of phenols is 1. The maximum Gasteiger partial charge on any atom is 0.334 e. The van der Waals surface area contributed by atoms with Crippen LogP contribution in [0.1, 0.15) is 23.6 Å². The molecule has 10 nitrogen and oxygen atoms in total. The molecule has 2 N–H and O–H groups in total. The van der Waals surface area contributed by atoms with Crippen molar-refractivity contribution in [3.05, 3.63) is 120 Å². The van der Waals surface area contributed by atoms with Gasteiger partial charge in [-0.2, -0.15) is 0 Å². The van der Waals surface area contributed by atoms with E-state index in [1.54, 1.807) is 56.4 Å². The van der Waals surface area contributed by atoms with Crippen molar-refractivity contribution >= 4 is 28.7 Å². The molecule has 3 atom stereocenters. The predicted molar refractivity (Wildman–Crippen MR) is 170 cm³/mol. The molecule has 0 radical (unpaired) electrons. The van der Waals surface area contributed by atoms with Crippen LogP contribution in [0.25, 0.3) is 10.9 Å². The fourth-order valence-electron chi connectivity index (χ4n) is 6.30. The second-order valence-electron chi connectivity index (χ2n) is 11.5. The standard InChI is InChI=1S/C35H36N6O4/c1-3-18-38-23-32(43)40-31(20-25-11-14-29(42)15-12-25)34(44)39(22-27-13-16-30-28(19-27)10-7-17-36-30)24(2)33(40)41(38)35(45)37-21-26-8-5-4-6-9-26/h3-17,19,24,31,33,42H,1,18,20-23H2,2H3,(H,37,45)/t24-,31-,33?/m0/s1. The molecule has 0 saturated carbocycles. The Morgan fingerprint density at radius 2 is 1.76 bits per heavy atom. The van der Waals surface area contributed by atoms with Gasteiger partial charge in [0, 0.05) is 37.6 Å². The average Bonchev–Trinajstić information content (AvgIpc) is 3.05.